The molecule has 0 bridgehead atoms. The fourth-order valence-corrected chi connectivity index (χ4v) is 5.50. The standard InChI is InChI=1S/C21H46NO2S2/c1-5-8-17-22(18-9-6-2,19-10-7-3)20-15-13-11-12-14-16-21-25-26(4,23)24/h5-21H2,1-4H3/q+1. The van der Waals surface area contributed by atoms with Crippen LogP contribution < -0.4 is 0 Å². The first-order chi connectivity index (χ1) is 12.4. The topological polar surface area (TPSA) is 34.1 Å². The van der Waals surface area contributed by atoms with Gasteiger partial charge in [0.15, 0.2) is 8.87 Å². The summed E-state index contributed by atoms with van der Waals surface area (Å²) in [6.07, 6.45) is 16.8. The van der Waals surface area contributed by atoms with Gasteiger partial charge in [-0.25, -0.2) is 8.42 Å². The Morgan fingerprint density at radius 1 is 0.615 bits per heavy atom. The monoisotopic (exact) mass is 408 g/mol. The van der Waals surface area contributed by atoms with Crippen LogP contribution in [0.2, 0.25) is 0 Å². The van der Waals surface area contributed by atoms with Crippen molar-refractivity contribution in [3.63, 3.8) is 0 Å². The van der Waals surface area contributed by atoms with Gasteiger partial charge in [-0.1, -0.05) is 59.3 Å². The molecule has 0 N–H and O–H groups in total. The summed E-state index contributed by atoms with van der Waals surface area (Å²) in [6.45, 7) is 12.4. The van der Waals surface area contributed by atoms with Crippen LogP contribution in [0.5, 0.6) is 0 Å². The third-order valence-electron chi connectivity index (χ3n) is 5.28. The highest BCUT2D eigenvalue weighted by molar-refractivity contribution is 8.71. The molecule has 0 aromatic rings. The van der Waals surface area contributed by atoms with Gasteiger partial charge in [0.2, 0.25) is 0 Å². The Hall–Kier alpha value is 0.260. The first kappa shape index (κ1) is 26.3. The van der Waals surface area contributed by atoms with Gasteiger partial charge in [0.05, 0.1) is 26.2 Å². The smallest absolute Gasteiger partial charge is 0.198 e. The Bertz CT molecular complexity index is 388. The van der Waals surface area contributed by atoms with Gasteiger partial charge in [-0.2, -0.15) is 0 Å². The van der Waals surface area contributed by atoms with Crippen molar-refractivity contribution < 1.29 is 12.9 Å². The molecule has 0 unspecified atom stereocenters. The Labute approximate surface area is 168 Å². The van der Waals surface area contributed by atoms with Crippen LogP contribution in [0.15, 0.2) is 0 Å². The molecule has 0 heterocycles. The minimum atomic E-state index is -2.85. The van der Waals surface area contributed by atoms with E-state index in [0.29, 0.717) is 0 Å². The fraction of sp³-hybridized carbons (Fsp3) is 1.00. The normalized spacial score (nSPS) is 12.6. The van der Waals surface area contributed by atoms with E-state index in [4.69, 9.17) is 0 Å². The number of unbranched alkanes of at least 4 members (excludes halogenated alkanes) is 8. The maximum Gasteiger partial charge on any atom is 0.198 e. The molecular weight excluding hydrogens is 362 g/mol. The van der Waals surface area contributed by atoms with Crippen LogP contribution in [-0.4, -0.2) is 51.1 Å². The average molecular weight is 409 g/mol. The largest absolute Gasteiger partial charge is 0.324 e. The molecule has 158 valence electrons. The van der Waals surface area contributed by atoms with Crippen molar-refractivity contribution in [2.45, 2.75) is 97.8 Å². The van der Waals surface area contributed by atoms with Crippen molar-refractivity contribution in [1.82, 2.24) is 0 Å². The van der Waals surface area contributed by atoms with Crippen LogP contribution in [0.1, 0.15) is 97.8 Å². The van der Waals surface area contributed by atoms with E-state index < -0.39 is 8.87 Å². The lowest BCUT2D eigenvalue weighted by molar-refractivity contribution is -0.929. The molecule has 3 nitrogen and oxygen atoms in total. The molecule has 26 heavy (non-hydrogen) atoms. The van der Waals surface area contributed by atoms with Crippen molar-refractivity contribution in [1.29, 1.82) is 0 Å². The van der Waals surface area contributed by atoms with E-state index in [2.05, 4.69) is 20.8 Å². The van der Waals surface area contributed by atoms with Gasteiger partial charge in [-0.3, -0.25) is 0 Å². The van der Waals surface area contributed by atoms with E-state index in [9.17, 15) is 8.42 Å². The molecular formula is C21H46NO2S2+. The predicted octanol–water partition coefficient (Wildman–Crippen LogP) is 6.24. The van der Waals surface area contributed by atoms with Crippen molar-refractivity contribution in [2.75, 3.05) is 38.2 Å². The Kier molecular flexibility index (Phi) is 16.4. The average Bonchev–Trinajstić information content (AvgIpc) is 2.60. The highest BCUT2D eigenvalue weighted by atomic mass is 33.1. The SMILES string of the molecule is CCCC[N+](CCCC)(CCCC)CCCCCCCCSS(C)(=O)=O. The van der Waals surface area contributed by atoms with E-state index in [1.54, 1.807) is 0 Å². The molecule has 0 aliphatic heterocycles. The van der Waals surface area contributed by atoms with Gasteiger partial charge >= 0.3 is 0 Å². The molecule has 0 aromatic carbocycles. The van der Waals surface area contributed by atoms with Gasteiger partial charge in [-0.05, 0) is 49.3 Å². The lowest BCUT2D eigenvalue weighted by atomic mass is 10.1. The highest BCUT2D eigenvalue weighted by Crippen LogP contribution is 2.18. The number of rotatable bonds is 19. The van der Waals surface area contributed by atoms with Gasteiger partial charge in [-0.15, -0.1) is 0 Å². The quantitative estimate of drug-likeness (QED) is 0.144. The molecule has 0 radical (unpaired) electrons. The van der Waals surface area contributed by atoms with E-state index in [1.165, 1.54) is 108 Å². The Balaban J connectivity index is 4.09. The summed E-state index contributed by atoms with van der Waals surface area (Å²) in [6, 6.07) is 0. The van der Waals surface area contributed by atoms with Crippen LogP contribution in [0.3, 0.4) is 0 Å². The van der Waals surface area contributed by atoms with E-state index in [0.717, 1.165) is 23.0 Å². The summed E-state index contributed by atoms with van der Waals surface area (Å²) in [5, 5.41) is 0. The first-order valence-corrected chi connectivity index (χ1v) is 14.5. The van der Waals surface area contributed by atoms with E-state index in [-0.39, 0.29) is 0 Å². The third kappa shape index (κ3) is 15.3. The van der Waals surface area contributed by atoms with Gasteiger partial charge < -0.3 is 4.48 Å². The fourth-order valence-electron chi connectivity index (χ4n) is 3.62. The molecule has 0 fully saturated rings. The lowest BCUT2D eigenvalue weighted by Gasteiger charge is -2.39. The summed E-state index contributed by atoms with van der Waals surface area (Å²) in [4.78, 5) is 0. The second-order valence-corrected chi connectivity index (χ2v) is 12.5. The minimum Gasteiger partial charge on any atom is -0.324 e. The zero-order chi connectivity index (χ0) is 19.7. The van der Waals surface area contributed by atoms with Gasteiger partial charge in [0, 0.05) is 12.0 Å². The maximum atomic E-state index is 11.1. The molecule has 0 amide bonds. The van der Waals surface area contributed by atoms with Crippen molar-refractivity contribution in [3.8, 4) is 0 Å². The number of hydrogen-bond acceptors (Lipinski definition) is 3. The molecule has 0 spiro atoms. The molecule has 5 heteroatoms. The molecule has 0 rings (SSSR count). The molecule has 0 atom stereocenters. The third-order valence-corrected chi connectivity index (χ3v) is 7.95. The summed E-state index contributed by atoms with van der Waals surface area (Å²) >= 11 is 0. The van der Waals surface area contributed by atoms with Crippen LogP contribution in [-0.2, 0) is 8.87 Å². The van der Waals surface area contributed by atoms with Crippen molar-refractivity contribution in [3.05, 3.63) is 0 Å². The minimum absolute atomic E-state index is 0.754. The summed E-state index contributed by atoms with van der Waals surface area (Å²) in [7, 11) is -1.75. The molecule has 0 saturated heterocycles. The summed E-state index contributed by atoms with van der Waals surface area (Å²) in [5.41, 5.74) is 0. The number of hydrogen-bond donors (Lipinski definition) is 0. The summed E-state index contributed by atoms with van der Waals surface area (Å²) in [5.74, 6) is 0.754. The zero-order valence-electron chi connectivity index (χ0n) is 18.1. The van der Waals surface area contributed by atoms with Crippen molar-refractivity contribution >= 4 is 19.7 Å². The highest BCUT2D eigenvalue weighted by Gasteiger charge is 2.24. The maximum absolute atomic E-state index is 11.1. The molecule has 0 aromatic heterocycles. The Morgan fingerprint density at radius 3 is 1.42 bits per heavy atom. The van der Waals surface area contributed by atoms with Crippen LogP contribution in [0, 0.1) is 0 Å². The molecule has 0 aliphatic carbocycles. The van der Waals surface area contributed by atoms with E-state index in [1.807, 2.05) is 0 Å². The Morgan fingerprint density at radius 2 is 1.00 bits per heavy atom. The van der Waals surface area contributed by atoms with Gasteiger partial charge in [0.1, 0.15) is 0 Å². The number of nitrogens with zero attached hydrogens (tertiary/aromatic N) is 1. The second-order valence-electron chi connectivity index (χ2n) is 7.94. The van der Waals surface area contributed by atoms with Gasteiger partial charge in [0.25, 0.3) is 0 Å². The number of quaternary nitrogens is 1. The summed E-state index contributed by atoms with van der Waals surface area (Å²) < 4.78 is 23.5. The zero-order valence-corrected chi connectivity index (χ0v) is 19.7. The predicted molar refractivity (Wildman–Crippen MR) is 119 cm³/mol. The molecule has 0 aliphatic rings. The van der Waals surface area contributed by atoms with Crippen LogP contribution in [0.25, 0.3) is 0 Å². The van der Waals surface area contributed by atoms with Crippen LogP contribution in [0.4, 0.5) is 0 Å². The van der Waals surface area contributed by atoms with Crippen molar-refractivity contribution in [2.24, 2.45) is 0 Å². The first-order valence-electron chi connectivity index (χ1n) is 11.1. The van der Waals surface area contributed by atoms with Crippen LogP contribution >= 0.6 is 10.8 Å². The lowest BCUT2D eigenvalue weighted by Crippen LogP contribution is -2.50. The second kappa shape index (κ2) is 16.2. The molecule has 0 saturated carbocycles. The van der Waals surface area contributed by atoms with E-state index >= 15 is 0 Å².